The first-order chi connectivity index (χ1) is 17.7. The Morgan fingerprint density at radius 3 is 2.75 bits per heavy atom. The molecule has 1 N–H and O–H groups in total. The van der Waals surface area contributed by atoms with Crippen molar-refractivity contribution in [2.75, 3.05) is 50.2 Å². The molecular weight excluding hydrogens is 463 g/mol. The van der Waals surface area contributed by atoms with Crippen molar-refractivity contribution in [2.24, 2.45) is 5.10 Å². The summed E-state index contributed by atoms with van der Waals surface area (Å²) in [7, 11) is 1.62. The molecule has 1 aromatic heterocycles. The van der Waals surface area contributed by atoms with Gasteiger partial charge in [-0.3, -0.25) is 5.01 Å². The first-order valence-corrected chi connectivity index (χ1v) is 11.7. The van der Waals surface area contributed by atoms with Crippen LogP contribution in [0.4, 0.5) is 21.6 Å². The highest BCUT2D eigenvalue weighted by atomic mass is 19.1. The molecule has 1 fully saturated rings. The van der Waals surface area contributed by atoms with Gasteiger partial charge in [0.1, 0.15) is 29.5 Å². The largest absolute Gasteiger partial charge is 0.494 e. The summed E-state index contributed by atoms with van der Waals surface area (Å²) in [5, 5.41) is 9.75. The van der Waals surface area contributed by atoms with E-state index in [0.29, 0.717) is 53.7 Å². The number of benzene rings is 2. The number of anilines is 3. The number of rotatable bonds is 7. The highest BCUT2D eigenvalue weighted by Gasteiger charge is 2.21. The molecule has 0 amide bonds. The molecule has 0 atom stereocenters. The van der Waals surface area contributed by atoms with Crippen LogP contribution in [0.1, 0.15) is 6.92 Å². The fourth-order valence-corrected chi connectivity index (χ4v) is 4.17. The Hall–Kier alpha value is -4.18. The topological polar surface area (TPSA) is 84.3 Å². The van der Waals surface area contributed by atoms with Crippen LogP contribution in [-0.4, -0.2) is 61.1 Å². The Labute approximate surface area is 208 Å². The normalized spacial score (nSPS) is 15.9. The predicted molar refractivity (Wildman–Crippen MR) is 138 cm³/mol. The summed E-state index contributed by atoms with van der Waals surface area (Å²) in [6.07, 6.45) is 8.63. The first kappa shape index (κ1) is 23.6. The van der Waals surface area contributed by atoms with E-state index in [2.05, 4.69) is 25.3 Å². The molecule has 0 spiro atoms. The van der Waals surface area contributed by atoms with Gasteiger partial charge in [0.25, 0.3) is 0 Å². The molecule has 10 heteroatoms. The van der Waals surface area contributed by atoms with Crippen LogP contribution in [0.2, 0.25) is 0 Å². The van der Waals surface area contributed by atoms with Crippen LogP contribution in [0.3, 0.4) is 0 Å². The molecule has 2 aliphatic rings. The lowest BCUT2D eigenvalue weighted by molar-refractivity contribution is 0.122. The summed E-state index contributed by atoms with van der Waals surface area (Å²) < 4.78 is 32.2. The number of allylic oxidation sites excluding steroid dienone is 1. The maximum atomic E-state index is 15.1. The predicted octanol–water partition coefficient (Wildman–Crippen LogP) is 4.46. The zero-order chi connectivity index (χ0) is 24.9. The van der Waals surface area contributed by atoms with Gasteiger partial charge < -0.3 is 24.4 Å². The minimum absolute atomic E-state index is 0.262. The van der Waals surface area contributed by atoms with E-state index in [4.69, 9.17) is 14.2 Å². The molecule has 3 heterocycles. The van der Waals surface area contributed by atoms with E-state index in [-0.39, 0.29) is 5.69 Å². The molecule has 0 unspecified atom stereocenters. The van der Waals surface area contributed by atoms with E-state index in [1.165, 1.54) is 12.4 Å². The van der Waals surface area contributed by atoms with Crippen LogP contribution in [0.15, 0.2) is 65.9 Å². The summed E-state index contributed by atoms with van der Waals surface area (Å²) in [4.78, 5) is 11.0. The Morgan fingerprint density at radius 2 is 2.03 bits per heavy atom. The number of aromatic nitrogens is 2. The third-order valence-electron chi connectivity index (χ3n) is 5.87. The van der Waals surface area contributed by atoms with Crippen molar-refractivity contribution in [3.63, 3.8) is 0 Å². The Bertz CT molecular complexity index is 1340. The average Bonchev–Trinajstić information content (AvgIpc) is 2.91. The number of nitrogens with one attached hydrogen (secondary N) is 1. The van der Waals surface area contributed by atoms with Gasteiger partial charge in [0.05, 0.1) is 49.1 Å². The number of nitrogens with zero attached hydrogens (tertiary/aromatic N) is 5. The first-order valence-electron chi connectivity index (χ1n) is 11.7. The summed E-state index contributed by atoms with van der Waals surface area (Å²) in [5.74, 6) is 1.63. The van der Waals surface area contributed by atoms with Gasteiger partial charge >= 0.3 is 0 Å². The zero-order valence-corrected chi connectivity index (χ0v) is 20.1. The maximum Gasteiger partial charge on any atom is 0.155 e. The van der Waals surface area contributed by atoms with Gasteiger partial charge in [-0.2, -0.15) is 5.10 Å². The van der Waals surface area contributed by atoms with Crippen LogP contribution in [0.5, 0.6) is 11.5 Å². The number of hydrogen-bond donors (Lipinski definition) is 1. The van der Waals surface area contributed by atoms with Crippen molar-refractivity contribution in [1.29, 1.82) is 0 Å². The fourth-order valence-electron chi connectivity index (χ4n) is 4.17. The lowest BCUT2D eigenvalue weighted by Crippen LogP contribution is -2.36. The molecule has 186 valence electrons. The van der Waals surface area contributed by atoms with Gasteiger partial charge in [0.15, 0.2) is 5.75 Å². The number of ether oxygens (including phenoxy) is 3. The van der Waals surface area contributed by atoms with Gasteiger partial charge in [-0.1, -0.05) is 0 Å². The third-order valence-corrected chi connectivity index (χ3v) is 5.87. The van der Waals surface area contributed by atoms with Crippen LogP contribution in [-0.2, 0) is 4.74 Å². The maximum absolute atomic E-state index is 15.1. The van der Waals surface area contributed by atoms with Crippen LogP contribution >= 0.6 is 0 Å². The number of fused-ring (bicyclic) bond motifs is 1. The molecular formula is C26H27FN6O3. The molecule has 2 aliphatic heterocycles. The minimum atomic E-state index is -0.472. The summed E-state index contributed by atoms with van der Waals surface area (Å²) in [6.45, 7) is 5.23. The second-order valence-corrected chi connectivity index (χ2v) is 8.12. The number of halogens is 1. The quantitative estimate of drug-likeness (QED) is 0.486. The molecule has 9 nitrogen and oxygen atoms in total. The van der Waals surface area contributed by atoms with Crippen LogP contribution in [0.25, 0.3) is 10.9 Å². The fraction of sp³-hybridized carbons (Fsp3) is 0.269. The molecule has 0 aliphatic carbocycles. The number of hydrazone groups is 1. The van der Waals surface area contributed by atoms with Gasteiger partial charge in [-0.05, 0) is 43.3 Å². The zero-order valence-electron chi connectivity index (χ0n) is 20.1. The lowest BCUT2D eigenvalue weighted by atomic mass is 10.1. The van der Waals surface area contributed by atoms with E-state index >= 15 is 4.39 Å². The molecule has 0 bridgehead atoms. The Balaban J connectivity index is 1.40. The van der Waals surface area contributed by atoms with E-state index in [1.54, 1.807) is 42.7 Å². The van der Waals surface area contributed by atoms with Crippen molar-refractivity contribution in [2.45, 2.75) is 6.92 Å². The lowest BCUT2D eigenvalue weighted by Gasteiger charge is -2.30. The molecule has 3 aromatic rings. The number of hydrogen-bond acceptors (Lipinski definition) is 9. The van der Waals surface area contributed by atoms with Gasteiger partial charge in [0.2, 0.25) is 0 Å². The van der Waals surface area contributed by atoms with Crippen molar-refractivity contribution in [3.8, 4) is 11.5 Å². The van der Waals surface area contributed by atoms with Gasteiger partial charge in [-0.25, -0.2) is 14.4 Å². The highest BCUT2D eigenvalue weighted by Crippen LogP contribution is 2.40. The molecule has 5 rings (SSSR count). The second kappa shape index (κ2) is 10.6. The van der Waals surface area contributed by atoms with Crippen LogP contribution in [0, 0.1) is 5.82 Å². The molecule has 36 heavy (non-hydrogen) atoms. The van der Waals surface area contributed by atoms with Gasteiger partial charge in [-0.15, -0.1) is 0 Å². The minimum Gasteiger partial charge on any atom is -0.494 e. The Morgan fingerprint density at radius 1 is 1.17 bits per heavy atom. The van der Waals surface area contributed by atoms with Crippen molar-refractivity contribution in [3.05, 3.63) is 66.6 Å². The third kappa shape index (κ3) is 4.94. The number of methoxy groups -OCH3 is 1. The monoisotopic (exact) mass is 490 g/mol. The molecule has 2 aromatic carbocycles. The van der Waals surface area contributed by atoms with Gasteiger partial charge in [0, 0.05) is 31.6 Å². The van der Waals surface area contributed by atoms with Crippen molar-refractivity contribution < 1.29 is 18.6 Å². The molecule has 1 saturated heterocycles. The molecule has 0 saturated carbocycles. The molecule has 0 radical (unpaired) electrons. The van der Waals surface area contributed by atoms with Crippen LogP contribution < -0.4 is 19.7 Å². The van der Waals surface area contributed by atoms with Crippen molar-refractivity contribution >= 4 is 34.3 Å². The summed E-state index contributed by atoms with van der Waals surface area (Å²) >= 11 is 0. The van der Waals surface area contributed by atoms with E-state index in [1.807, 2.05) is 25.1 Å². The second-order valence-electron chi connectivity index (χ2n) is 8.12. The standard InChI is InChI=1S/C26H27FN6O3/c1-3-30-33-10-8-18(9-11-33)36-19-4-5-21(20(27)16-19)31-26-24-22(28-17-29-26)6-7-23(25(24)34-2)32-12-14-35-15-13-32/h3-10,16-17H,11-15H2,1-2H3,(H,28,29,31)/b30-3-. The Kier molecular flexibility index (Phi) is 6.94. The summed E-state index contributed by atoms with van der Waals surface area (Å²) in [6, 6.07) is 8.57. The SMILES string of the molecule is C/C=N\N1C=CC(Oc2ccc(Nc3ncnc4ccc(N5CCOCC5)c(OC)c34)c(F)c2)=CC1. The van der Waals surface area contributed by atoms with Crippen molar-refractivity contribution in [1.82, 2.24) is 15.0 Å². The van der Waals surface area contributed by atoms with E-state index in [9.17, 15) is 0 Å². The highest BCUT2D eigenvalue weighted by molar-refractivity contribution is 6.00. The average molecular weight is 491 g/mol. The number of morpholine rings is 1. The van der Waals surface area contributed by atoms with E-state index < -0.39 is 5.82 Å². The smallest absolute Gasteiger partial charge is 0.155 e. The van der Waals surface area contributed by atoms with E-state index in [0.717, 1.165) is 18.8 Å². The summed E-state index contributed by atoms with van der Waals surface area (Å²) in [5.41, 5.74) is 1.88.